The van der Waals surface area contributed by atoms with Gasteiger partial charge >= 0.3 is 5.97 Å². The zero-order chi connectivity index (χ0) is 15.5. The van der Waals surface area contributed by atoms with Crippen molar-refractivity contribution in [3.05, 3.63) is 53.9 Å². The summed E-state index contributed by atoms with van der Waals surface area (Å²) < 4.78 is 10.4. The Bertz CT molecular complexity index is 763. The van der Waals surface area contributed by atoms with Gasteiger partial charge in [0.25, 0.3) is 0 Å². The Hall–Kier alpha value is -2.89. The van der Waals surface area contributed by atoms with Crippen molar-refractivity contribution in [3.63, 3.8) is 0 Å². The summed E-state index contributed by atoms with van der Waals surface area (Å²) in [6, 6.07) is 13.0. The third kappa shape index (κ3) is 2.76. The molecule has 0 amide bonds. The number of carbonyl (C=O) groups excluding carboxylic acids is 1. The lowest BCUT2D eigenvalue weighted by Crippen LogP contribution is -2.10. The van der Waals surface area contributed by atoms with Crippen LogP contribution in [0.4, 0.5) is 5.82 Å². The molecule has 2 heterocycles. The predicted molar refractivity (Wildman–Crippen MR) is 81.6 cm³/mol. The van der Waals surface area contributed by atoms with Gasteiger partial charge in [-0.2, -0.15) is 0 Å². The van der Waals surface area contributed by atoms with Crippen LogP contribution in [-0.4, -0.2) is 23.3 Å². The standard InChI is InChI=1S/C16H15N3O3/c1-10(14-9-11-5-3-4-6-13(11)22-14)17-15-8-7-12(18-19-15)16(20)21-2/h3-10H,1-2H3,(H,17,19)/t10-/m0/s1. The molecule has 0 radical (unpaired) electrons. The van der Waals surface area contributed by atoms with Gasteiger partial charge in [0.2, 0.25) is 0 Å². The van der Waals surface area contributed by atoms with Gasteiger partial charge in [0.15, 0.2) is 5.69 Å². The monoisotopic (exact) mass is 297 g/mol. The fourth-order valence-corrected chi connectivity index (χ4v) is 2.13. The molecule has 0 unspecified atom stereocenters. The summed E-state index contributed by atoms with van der Waals surface area (Å²) in [6.07, 6.45) is 0. The van der Waals surface area contributed by atoms with Crippen LogP contribution in [0.15, 0.2) is 46.9 Å². The van der Waals surface area contributed by atoms with E-state index in [0.29, 0.717) is 5.82 Å². The normalized spacial score (nSPS) is 12.1. The van der Waals surface area contributed by atoms with E-state index < -0.39 is 5.97 Å². The number of nitrogens with zero attached hydrogens (tertiary/aromatic N) is 2. The Morgan fingerprint density at radius 1 is 1.23 bits per heavy atom. The van der Waals surface area contributed by atoms with E-state index in [1.54, 1.807) is 12.1 Å². The minimum atomic E-state index is -0.510. The van der Waals surface area contributed by atoms with E-state index in [1.807, 2.05) is 37.3 Å². The number of furan rings is 1. The smallest absolute Gasteiger partial charge is 0.358 e. The molecule has 22 heavy (non-hydrogen) atoms. The maximum absolute atomic E-state index is 11.3. The molecular formula is C16H15N3O3. The van der Waals surface area contributed by atoms with Crippen molar-refractivity contribution in [1.29, 1.82) is 0 Å². The van der Waals surface area contributed by atoms with Crippen LogP contribution in [0.5, 0.6) is 0 Å². The number of methoxy groups -OCH3 is 1. The molecule has 3 aromatic rings. The first-order valence-corrected chi connectivity index (χ1v) is 6.84. The van der Waals surface area contributed by atoms with Crippen LogP contribution in [0, 0.1) is 0 Å². The van der Waals surface area contributed by atoms with Crippen molar-refractivity contribution in [3.8, 4) is 0 Å². The minimum absolute atomic E-state index is 0.0781. The van der Waals surface area contributed by atoms with Crippen molar-refractivity contribution in [2.75, 3.05) is 12.4 Å². The number of nitrogens with one attached hydrogen (secondary N) is 1. The number of para-hydroxylation sites is 1. The molecule has 112 valence electrons. The summed E-state index contributed by atoms with van der Waals surface area (Å²) in [5.41, 5.74) is 1.02. The third-order valence-electron chi connectivity index (χ3n) is 3.29. The first-order chi connectivity index (χ1) is 10.7. The highest BCUT2D eigenvalue weighted by molar-refractivity contribution is 5.87. The number of aromatic nitrogens is 2. The van der Waals surface area contributed by atoms with Gasteiger partial charge in [-0.1, -0.05) is 18.2 Å². The Balaban J connectivity index is 1.75. The van der Waals surface area contributed by atoms with Gasteiger partial charge in [-0.3, -0.25) is 0 Å². The van der Waals surface area contributed by atoms with Crippen molar-refractivity contribution < 1.29 is 13.9 Å². The van der Waals surface area contributed by atoms with Crippen molar-refractivity contribution >= 4 is 22.8 Å². The van der Waals surface area contributed by atoms with E-state index in [2.05, 4.69) is 20.3 Å². The van der Waals surface area contributed by atoms with Crippen LogP contribution < -0.4 is 5.32 Å². The average molecular weight is 297 g/mol. The summed E-state index contributed by atoms with van der Waals surface area (Å²) in [4.78, 5) is 11.3. The second-order valence-corrected chi connectivity index (χ2v) is 4.85. The van der Waals surface area contributed by atoms with Crippen LogP contribution in [0.2, 0.25) is 0 Å². The molecule has 0 aliphatic heterocycles. The van der Waals surface area contributed by atoms with Crippen LogP contribution in [0.3, 0.4) is 0 Å². The molecule has 0 aliphatic rings. The highest BCUT2D eigenvalue weighted by Crippen LogP contribution is 2.25. The van der Waals surface area contributed by atoms with Gasteiger partial charge in [0, 0.05) is 5.39 Å². The number of carbonyl (C=O) groups is 1. The molecule has 0 spiro atoms. The molecule has 0 bridgehead atoms. The third-order valence-corrected chi connectivity index (χ3v) is 3.29. The van der Waals surface area contributed by atoms with E-state index >= 15 is 0 Å². The fraction of sp³-hybridized carbons (Fsp3) is 0.188. The number of hydrogen-bond acceptors (Lipinski definition) is 6. The van der Waals surface area contributed by atoms with Crippen molar-refractivity contribution in [2.45, 2.75) is 13.0 Å². The van der Waals surface area contributed by atoms with Crippen molar-refractivity contribution in [2.24, 2.45) is 0 Å². The topological polar surface area (TPSA) is 77.2 Å². The van der Waals surface area contributed by atoms with Gasteiger partial charge in [-0.15, -0.1) is 10.2 Å². The Morgan fingerprint density at radius 3 is 2.73 bits per heavy atom. The molecule has 3 rings (SSSR count). The summed E-state index contributed by atoms with van der Waals surface area (Å²) in [5, 5.41) is 12.0. The lowest BCUT2D eigenvalue weighted by Gasteiger charge is -2.11. The number of benzene rings is 1. The average Bonchev–Trinajstić information content (AvgIpc) is 2.99. The van der Waals surface area contributed by atoms with E-state index in [4.69, 9.17) is 4.42 Å². The van der Waals surface area contributed by atoms with Gasteiger partial charge < -0.3 is 14.5 Å². The fourth-order valence-electron chi connectivity index (χ4n) is 2.13. The lowest BCUT2D eigenvalue weighted by atomic mass is 10.2. The predicted octanol–water partition coefficient (Wildman–Crippen LogP) is 3.18. The van der Waals surface area contributed by atoms with Crippen LogP contribution in [0.1, 0.15) is 29.2 Å². The largest absolute Gasteiger partial charge is 0.464 e. The Kier molecular flexibility index (Phi) is 3.74. The maximum atomic E-state index is 11.3. The zero-order valence-electron chi connectivity index (χ0n) is 12.2. The molecule has 1 aromatic carbocycles. The summed E-state index contributed by atoms with van der Waals surface area (Å²) >= 11 is 0. The highest BCUT2D eigenvalue weighted by Gasteiger charge is 2.13. The number of fused-ring (bicyclic) bond motifs is 1. The molecule has 6 nitrogen and oxygen atoms in total. The van der Waals surface area contributed by atoms with E-state index in [9.17, 15) is 4.79 Å². The van der Waals surface area contributed by atoms with Crippen molar-refractivity contribution in [1.82, 2.24) is 10.2 Å². The summed E-state index contributed by atoms with van der Waals surface area (Å²) in [6.45, 7) is 1.97. The van der Waals surface area contributed by atoms with Crippen LogP contribution >= 0.6 is 0 Å². The van der Waals surface area contributed by atoms with E-state index in [1.165, 1.54) is 7.11 Å². The number of hydrogen-bond donors (Lipinski definition) is 1. The van der Waals surface area contributed by atoms with E-state index in [-0.39, 0.29) is 11.7 Å². The number of rotatable bonds is 4. The lowest BCUT2D eigenvalue weighted by molar-refractivity contribution is 0.0593. The molecule has 6 heteroatoms. The number of esters is 1. The molecule has 1 N–H and O–H groups in total. The highest BCUT2D eigenvalue weighted by atomic mass is 16.5. The minimum Gasteiger partial charge on any atom is -0.464 e. The summed E-state index contributed by atoms with van der Waals surface area (Å²) in [7, 11) is 1.31. The van der Waals surface area contributed by atoms with Crippen LogP contribution in [0.25, 0.3) is 11.0 Å². The quantitative estimate of drug-likeness (QED) is 0.745. The molecular weight excluding hydrogens is 282 g/mol. The molecule has 1 atom stereocenters. The Labute approximate surface area is 127 Å². The van der Waals surface area contributed by atoms with Gasteiger partial charge in [0.05, 0.1) is 13.2 Å². The zero-order valence-corrected chi connectivity index (χ0v) is 12.2. The number of ether oxygens (including phenoxy) is 1. The Morgan fingerprint density at radius 2 is 2.05 bits per heavy atom. The molecule has 2 aromatic heterocycles. The molecule has 0 fully saturated rings. The maximum Gasteiger partial charge on any atom is 0.358 e. The summed E-state index contributed by atoms with van der Waals surface area (Å²) in [5.74, 6) is 0.852. The first-order valence-electron chi connectivity index (χ1n) is 6.84. The van der Waals surface area contributed by atoms with E-state index in [0.717, 1.165) is 16.7 Å². The molecule has 0 saturated heterocycles. The molecule has 0 saturated carbocycles. The number of anilines is 1. The second kappa shape index (κ2) is 5.85. The van der Waals surface area contributed by atoms with Crippen LogP contribution in [-0.2, 0) is 4.74 Å². The molecule has 0 aliphatic carbocycles. The van der Waals surface area contributed by atoms with Gasteiger partial charge in [0.1, 0.15) is 17.2 Å². The van der Waals surface area contributed by atoms with Gasteiger partial charge in [-0.05, 0) is 31.2 Å². The SMILES string of the molecule is COC(=O)c1ccc(N[C@@H](C)c2cc3ccccc3o2)nn1. The first kappa shape index (κ1) is 14.1. The van der Waals surface area contributed by atoms with Gasteiger partial charge in [-0.25, -0.2) is 4.79 Å². The second-order valence-electron chi connectivity index (χ2n) is 4.85.